The van der Waals surface area contributed by atoms with Crippen LogP contribution in [-0.4, -0.2) is 35.6 Å². The summed E-state index contributed by atoms with van der Waals surface area (Å²) in [4.78, 5) is 12.6. The number of nitrogens with zero attached hydrogens (tertiary/aromatic N) is 1. The van der Waals surface area contributed by atoms with Gasteiger partial charge >= 0.3 is 5.97 Å². The lowest BCUT2D eigenvalue weighted by molar-refractivity contribution is -0.138. The number of aliphatic carboxylic acids is 1. The van der Waals surface area contributed by atoms with Crippen molar-refractivity contribution in [2.45, 2.75) is 38.6 Å². The van der Waals surface area contributed by atoms with Crippen LogP contribution in [0, 0.1) is 5.92 Å². The first kappa shape index (κ1) is 10.5. The Morgan fingerprint density at radius 1 is 1.62 bits per heavy atom. The van der Waals surface area contributed by atoms with Crippen LogP contribution in [0.25, 0.3) is 0 Å². The van der Waals surface area contributed by atoms with Gasteiger partial charge < -0.3 is 10.0 Å². The molecule has 0 aromatic heterocycles. The summed E-state index contributed by atoms with van der Waals surface area (Å²) in [6.45, 7) is 3.04. The number of carboxylic acid groups (broad SMARTS) is 1. The van der Waals surface area contributed by atoms with Crippen molar-refractivity contribution in [2.24, 2.45) is 5.92 Å². The molecule has 1 aliphatic carbocycles. The standard InChI is InChI=1S/C10H19NO2/c1-8(6-10(12)13)11(2)7-9-4-3-5-9/h8-9H,3-7H2,1-2H3,(H,12,13). The molecule has 3 nitrogen and oxygen atoms in total. The molecular formula is C10H19NO2. The maximum Gasteiger partial charge on any atom is 0.304 e. The zero-order valence-electron chi connectivity index (χ0n) is 8.49. The average Bonchev–Trinajstić information content (AvgIpc) is 1.94. The van der Waals surface area contributed by atoms with Crippen LogP contribution in [0.4, 0.5) is 0 Å². The lowest BCUT2D eigenvalue weighted by atomic mass is 9.85. The molecule has 0 aliphatic heterocycles. The molecule has 76 valence electrons. The molecule has 0 spiro atoms. The lowest BCUT2D eigenvalue weighted by Crippen LogP contribution is -2.36. The fourth-order valence-corrected chi connectivity index (χ4v) is 1.67. The highest BCUT2D eigenvalue weighted by Gasteiger charge is 2.21. The molecule has 1 rings (SSSR count). The number of hydrogen-bond donors (Lipinski definition) is 1. The van der Waals surface area contributed by atoms with E-state index in [1.807, 2.05) is 14.0 Å². The van der Waals surface area contributed by atoms with E-state index in [2.05, 4.69) is 4.90 Å². The van der Waals surface area contributed by atoms with Crippen molar-refractivity contribution in [2.75, 3.05) is 13.6 Å². The molecule has 1 saturated carbocycles. The minimum absolute atomic E-state index is 0.165. The smallest absolute Gasteiger partial charge is 0.304 e. The Kier molecular flexibility index (Phi) is 3.72. The van der Waals surface area contributed by atoms with Gasteiger partial charge in [-0.05, 0) is 32.7 Å². The van der Waals surface area contributed by atoms with Crippen LogP contribution in [0.1, 0.15) is 32.6 Å². The van der Waals surface area contributed by atoms with E-state index in [0.717, 1.165) is 12.5 Å². The maximum absolute atomic E-state index is 10.5. The fourth-order valence-electron chi connectivity index (χ4n) is 1.67. The zero-order chi connectivity index (χ0) is 9.84. The van der Waals surface area contributed by atoms with Crippen molar-refractivity contribution in [3.05, 3.63) is 0 Å². The SMILES string of the molecule is CC(CC(=O)O)N(C)CC1CCC1. The molecule has 1 N–H and O–H groups in total. The molecule has 3 heteroatoms. The van der Waals surface area contributed by atoms with E-state index in [1.165, 1.54) is 19.3 Å². The van der Waals surface area contributed by atoms with Crippen LogP contribution in [0.3, 0.4) is 0 Å². The highest BCUT2D eigenvalue weighted by atomic mass is 16.4. The van der Waals surface area contributed by atoms with Gasteiger partial charge in [-0.25, -0.2) is 0 Å². The van der Waals surface area contributed by atoms with Gasteiger partial charge in [0, 0.05) is 12.6 Å². The molecule has 1 aliphatic rings. The lowest BCUT2D eigenvalue weighted by Gasteiger charge is -2.32. The quantitative estimate of drug-likeness (QED) is 0.707. The predicted molar refractivity (Wildman–Crippen MR) is 51.7 cm³/mol. The number of carboxylic acids is 1. The Labute approximate surface area is 79.7 Å². The third-order valence-electron chi connectivity index (χ3n) is 2.99. The molecule has 1 atom stereocenters. The highest BCUT2D eigenvalue weighted by Crippen LogP contribution is 2.27. The topological polar surface area (TPSA) is 40.5 Å². The predicted octanol–water partition coefficient (Wildman–Crippen LogP) is 1.58. The molecular weight excluding hydrogens is 166 g/mol. The largest absolute Gasteiger partial charge is 0.481 e. The van der Waals surface area contributed by atoms with Crippen LogP contribution in [-0.2, 0) is 4.79 Å². The summed E-state index contributed by atoms with van der Waals surface area (Å²) in [7, 11) is 2.02. The number of rotatable bonds is 5. The first-order chi connectivity index (χ1) is 6.09. The first-order valence-electron chi connectivity index (χ1n) is 5.01. The van der Waals surface area contributed by atoms with Gasteiger partial charge in [0.1, 0.15) is 0 Å². The highest BCUT2D eigenvalue weighted by molar-refractivity contribution is 5.67. The van der Waals surface area contributed by atoms with E-state index in [0.29, 0.717) is 0 Å². The Morgan fingerprint density at radius 3 is 2.62 bits per heavy atom. The number of hydrogen-bond acceptors (Lipinski definition) is 2. The Balaban J connectivity index is 2.20. The van der Waals surface area contributed by atoms with Crippen molar-refractivity contribution in [1.29, 1.82) is 0 Å². The van der Waals surface area contributed by atoms with E-state index in [9.17, 15) is 4.79 Å². The van der Waals surface area contributed by atoms with Crippen molar-refractivity contribution in [1.82, 2.24) is 4.90 Å². The minimum atomic E-state index is -0.701. The molecule has 0 aromatic carbocycles. The maximum atomic E-state index is 10.5. The molecule has 0 saturated heterocycles. The molecule has 13 heavy (non-hydrogen) atoms. The minimum Gasteiger partial charge on any atom is -0.481 e. The molecule has 0 radical (unpaired) electrons. The number of carbonyl (C=O) groups is 1. The van der Waals surface area contributed by atoms with Gasteiger partial charge in [-0.3, -0.25) is 4.79 Å². The van der Waals surface area contributed by atoms with Crippen LogP contribution in [0.15, 0.2) is 0 Å². The Bertz CT molecular complexity index is 178. The van der Waals surface area contributed by atoms with E-state index in [-0.39, 0.29) is 12.5 Å². The Hall–Kier alpha value is -0.570. The summed E-state index contributed by atoms with van der Waals surface area (Å²) in [6.07, 6.45) is 4.25. The van der Waals surface area contributed by atoms with Gasteiger partial charge in [0.15, 0.2) is 0 Å². The van der Waals surface area contributed by atoms with Crippen molar-refractivity contribution < 1.29 is 9.90 Å². The second-order valence-electron chi connectivity index (χ2n) is 4.18. The molecule has 1 fully saturated rings. The molecule has 0 aromatic rings. The monoisotopic (exact) mass is 185 g/mol. The van der Waals surface area contributed by atoms with Gasteiger partial charge in [-0.1, -0.05) is 6.42 Å². The second-order valence-corrected chi connectivity index (χ2v) is 4.18. The third kappa shape index (κ3) is 3.35. The van der Waals surface area contributed by atoms with Gasteiger partial charge in [0.2, 0.25) is 0 Å². The zero-order valence-corrected chi connectivity index (χ0v) is 8.49. The molecule has 0 bridgehead atoms. The molecule has 0 amide bonds. The Morgan fingerprint density at radius 2 is 2.23 bits per heavy atom. The van der Waals surface area contributed by atoms with Crippen LogP contribution in [0.5, 0.6) is 0 Å². The van der Waals surface area contributed by atoms with Crippen molar-refractivity contribution in [3.63, 3.8) is 0 Å². The van der Waals surface area contributed by atoms with Crippen LogP contribution < -0.4 is 0 Å². The summed E-state index contributed by atoms with van der Waals surface area (Å²) in [6, 6.07) is 0.165. The average molecular weight is 185 g/mol. The van der Waals surface area contributed by atoms with Gasteiger partial charge in [0.25, 0.3) is 0 Å². The normalized spacial score (nSPS) is 19.9. The van der Waals surface area contributed by atoms with Crippen LogP contribution >= 0.6 is 0 Å². The summed E-state index contributed by atoms with van der Waals surface area (Å²) in [5, 5.41) is 8.61. The third-order valence-corrected chi connectivity index (χ3v) is 2.99. The summed E-state index contributed by atoms with van der Waals surface area (Å²) >= 11 is 0. The fraction of sp³-hybridized carbons (Fsp3) is 0.900. The first-order valence-corrected chi connectivity index (χ1v) is 5.01. The summed E-state index contributed by atoms with van der Waals surface area (Å²) in [5.41, 5.74) is 0. The van der Waals surface area contributed by atoms with Gasteiger partial charge in [-0.2, -0.15) is 0 Å². The van der Waals surface area contributed by atoms with E-state index in [1.54, 1.807) is 0 Å². The van der Waals surface area contributed by atoms with Crippen LogP contribution in [0.2, 0.25) is 0 Å². The summed E-state index contributed by atoms with van der Waals surface area (Å²) in [5.74, 6) is 0.120. The molecule has 0 heterocycles. The molecule has 1 unspecified atom stereocenters. The van der Waals surface area contributed by atoms with Gasteiger partial charge in [0.05, 0.1) is 6.42 Å². The summed E-state index contributed by atoms with van der Waals surface area (Å²) < 4.78 is 0. The van der Waals surface area contributed by atoms with E-state index < -0.39 is 5.97 Å². The van der Waals surface area contributed by atoms with Gasteiger partial charge in [-0.15, -0.1) is 0 Å². The van der Waals surface area contributed by atoms with Crippen molar-refractivity contribution >= 4 is 5.97 Å². The van der Waals surface area contributed by atoms with Crippen molar-refractivity contribution in [3.8, 4) is 0 Å². The van der Waals surface area contributed by atoms with E-state index in [4.69, 9.17) is 5.11 Å². The van der Waals surface area contributed by atoms with E-state index >= 15 is 0 Å². The second kappa shape index (κ2) is 4.61.